The molecular weight excluding hydrogens is 249 g/mol. The van der Waals surface area contributed by atoms with Crippen molar-refractivity contribution in [2.75, 3.05) is 26.8 Å². The van der Waals surface area contributed by atoms with Gasteiger partial charge in [-0.15, -0.1) is 0 Å². The third kappa shape index (κ3) is 3.52. The van der Waals surface area contributed by atoms with Crippen LogP contribution in [0.25, 0.3) is 0 Å². The predicted octanol–water partition coefficient (Wildman–Crippen LogP) is 1.82. The lowest BCUT2D eigenvalue weighted by atomic mass is 10.1. The Morgan fingerprint density at radius 1 is 1.47 bits per heavy atom. The lowest BCUT2D eigenvalue weighted by molar-refractivity contribution is 0.0418. The molecule has 1 heterocycles. The van der Waals surface area contributed by atoms with Crippen LogP contribution >= 0.6 is 0 Å². The first-order valence-electron chi connectivity index (χ1n) is 6.37. The molecule has 0 saturated carbocycles. The molecule has 0 atom stereocenters. The molecule has 4 nitrogen and oxygen atoms in total. The number of carbonyl (C=O) groups is 1. The van der Waals surface area contributed by atoms with Crippen LogP contribution in [0.4, 0.5) is 4.39 Å². The maximum atomic E-state index is 13.1. The highest BCUT2D eigenvalue weighted by molar-refractivity contribution is 6.00. The van der Waals surface area contributed by atoms with E-state index in [0.717, 1.165) is 25.0 Å². The number of benzene rings is 1. The van der Waals surface area contributed by atoms with Gasteiger partial charge in [0.05, 0.1) is 12.1 Å². The topological polar surface area (TPSA) is 49.8 Å². The van der Waals surface area contributed by atoms with Crippen LogP contribution < -0.4 is 0 Å². The molecule has 0 unspecified atom stereocenters. The lowest BCUT2D eigenvalue weighted by Gasteiger charge is -2.30. The molecule has 1 aliphatic heterocycles. The Morgan fingerprint density at radius 3 is 2.84 bits per heavy atom. The first-order valence-corrected chi connectivity index (χ1v) is 6.37. The molecule has 0 aliphatic carbocycles. The second-order valence-electron chi connectivity index (χ2n) is 4.84. The highest BCUT2D eigenvalue weighted by Gasteiger charge is 2.22. The first kappa shape index (κ1) is 14.0. The van der Waals surface area contributed by atoms with E-state index < -0.39 is 5.82 Å². The maximum Gasteiger partial charge on any atom is 0.180 e. The summed E-state index contributed by atoms with van der Waals surface area (Å²) >= 11 is 0. The standard InChI is InChI=1S/C14H18FNO3/c1-16(11-4-6-19-7-5-11)9-14(18)12-8-10(15)2-3-13(12)17/h2-3,8,11,17H,4-7,9H2,1H3. The van der Waals surface area contributed by atoms with Crippen molar-refractivity contribution in [3.8, 4) is 5.75 Å². The molecule has 104 valence electrons. The zero-order chi connectivity index (χ0) is 13.8. The summed E-state index contributed by atoms with van der Waals surface area (Å²) in [6.45, 7) is 1.57. The minimum absolute atomic E-state index is 0.0407. The third-order valence-electron chi connectivity index (χ3n) is 3.47. The number of nitrogens with zero attached hydrogens (tertiary/aromatic N) is 1. The molecule has 1 fully saturated rings. The van der Waals surface area contributed by atoms with Crippen molar-refractivity contribution in [1.82, 2.24) is 4.90 Å². The highest BCUT2D eigenvalue weighted by Crippen LogP contribution is 2.20. The summed E-state index contributed by atoms with van der Waals surface area (Å²) in [5, 5.41) is 9.60. The van der Waals surface area contributed by atoms with Gasteiger partial charge in [-0.3, -0.25) is 9.69 Å². The Morgan fingerprint density at radius 2 is 2.16 bits per heavy atom. The number of ether oxygens (including phenoxy) is 1. The lowest BCUT2D eigenvalue weighted by Crippen LogP contribution is -2.39. The molecule has 1 N–H and O–H groups in total. The van der Waals surface area contributed by atoms with Gasteiger partial charge in [-0.05, 0) is 38.1 Å². The molecule has 0 radical (unpaired) electrons. The van der Waals surface area contributed by atoms with Gasteiger partial charge in [0, 0.05) is 19.3 Å². The molecule has 1 aromatic rings. The average molecular weight is 267 g/mol. The van der Waals surface area contributed by atoms with Crippen LogP contribution in [0.1, 0.15) is 23.2 Å². The molecule has 0 amide bonds. The zero-order valence-electron chi connectivity index (χ0n) is 10.9. The van der Waals surface area contributed by atoms with Crippen molar-refractivity contribution >= 4 is 5.78 Å². The Labute approximate surface area is 111 Å². The molecule has 0 aromatic heterocycles. The summed E-state index contributed by atoms with van der Waals surface area (Å²) in [7, 11) is 1.87. The number of aromatic hydroxyl groups is 1. The molecule has 19 heavy (non-hydrogen) atoms. The van der Waals surface area contributed by atoms with E-state index in [0.29, 0.717) is 19.3 Å². The quantitative estimate of drug-likeness (QED) is 0.845. The third-order valence-corrected chi connectivity index (χ3v) is 3.47. The molecule has 0 spiro atoms. The summed E-state index contributed by atoms with van der Waals surface area (Å²) in [4.78, 5) is 14.0. The van der Waals surface area contributed by atoms with E-state index in [4.69, 9.17) is 4.74 Å². The zero-order valence-corrected chi connectivity index (χ0v) is 10.9. The first-order chi connectivity index (χ1) is 9.08. The number of carbonyl (C=O) groups excluding carboxylic acids is 1. The summed E-state index contributed by atoms with van der Waals surface area (Å²) in [5.74, 6) is -0.965. The van der Waals surface area contributed by atoms with Gasteiger partial charge in [-0.25, -0.2) is 4.39 Å². The number of hydrogen-bond donors (Lipinski definition) is 1. The van der Waals surface area contributed by atoms with Gasteiger partial charge in [-0.1, -0.05) is 0 Å². The highest BCUT2D eigenvalue weighted by atomic mass is 19.1. The number of phenols is 1. The van der Waals surface area contributed by atoms with E-state index in [1.807, 2.05) is 11.9 Å². The van der Waals surface area contributed by atoms with E-state index in [9.17, 15) is 14.3 Å². The molecule has 5 heteroatoms. The second-order valence-corrected chi connectivity index (χ2v) is 4.84. The molecule has 1 aliphatic rings. The minimum Gasteiger partial charge on any atom is -0.507 e. The van der Waals surface area contributed by atoms with Gasteiger partial charge in [0.15, 0.2) is 5.78 Å². The number of likely N-dealkylation sites (N-methyl/N-ethyl adjacent to an activating group) is 1. The smallest absolute Gasteiger partial charge is 0.180 e. The van der Waals surface area contributed by atoms with Gasteiger partial charge in [0.2, 0.25) is 0 Å². The van der Waals surface area contributed by atoms with Crippen LogP contribution in [-0.4, -0.2) is 48.6 Å². The van der Waals surface area contributed by atoms with Crippen LogP contribution in [0.2, 0.25) is 0 Å². The summed E-state index contributed by atoms with van der Waals surface area (Å²) in [6.07, 6.45) is 1.78. The largest absolute Gasteiger partial charge is 0.507 e. The van der Waals surface area contributed by atoms with E-state index in [-0.39, 0.29) is 23.6 Å². The summed E-state index contributed by atoms with van der Waals surface area (Å²) in [5.41, 5.74) is 0.0407. The summed E-state index contributed by atoms with van der Waals surface area (Å²) in [6, 6.07) is 3.72. The Hall–Kier alpha value is -1.46. The van der Waals surface area contributed by atoms with Gasteiger partial charge in [0.25, 0.3) is 0 Å². The fourth-order valence-corrected chi connectivity index (χ4v) is 2.30. The minimum atomic E-state index is -0.519. The van der Waals surface area contributed by atoms with Crippen molar-refractivity contribution in [2.45, 2.75) is 18.9 Å². The predicted molar refractivity (Wildman–Crippen MR) is 68.9 cm³/mol. The Bertz CT molecular complexity index is 458. The number of phenolic OH excluding ortho intramolecular Hbond substituents is 1. The molecule has 1 saturated heterocycles. The number of halogens is 1. The van der Waals surface area contributed by atoms with Gasteiger partial charge >= 0.3 is 0 Å². The van der Waals surface area contributed by atoms with E-state index in [1.54, 1.807) is 0 Å². The van der Waals surface area contributed by atoms with Crippen molar-refractivity contribution in [1.29, 1.82) is 0 Å². The maximum absolute atomic E-state index is 13.1. The number of hydrogen-bond acceptors (Lipinski definition) is 4. The van der Waals surface area contributed by atoms with Crippen LogP contribution in [-0.2, 0) is 4.74 Å². The van der Waals surface area contributed by atoms with Crippen molar-refractivity contribution < 1.29 is 19.0 Å². The molecule has 1 aromatic carbocycles. The van der Waals surface area contributed by atoms with E-state index in [1.165, 1.54) is 6.07 Å². The van der Waals surface area contributed by atoms with E-state index >= 15 is 0 Å². The van der Waals surface area contributed by atoms with Crippen LogP contribution in [0.5, 0.6) is 5.75 Å². The van der Waals surface area contributed by atoms with Gasteiger partial charge in [0.1, 0.15) is 11.6 Å². The van der Waals surface area contributed by atoms with Crippen LogP contribution in [0.15, 0.2) is 18.2 Å². The molecule has 0 bridgehead atoms. The van der Waals surface area contributed by atoms with Crippen molar-refractivity contribution in [2.24, 2.45) is 0 Å². The fraction of sp³-hybridized carbons (Fsp3) is 0.500. The molecular formula is C14H18FNO3. The fourth-order valence-electron chi connectivity index (χ4n) is 2.30. The monoisotopic (exact) mass is 267 g/mol. The summed E-state index contributed by atoms with van der Waals surface area (Å²) < 4.78 is 18.4. The van der Waals surface area contributed by atoms with Crippen LogP contribution in [0, 0.1) is 5.82 Å². The van der Waals surface area contributed by atoms with Crippen molar-refractivity contribution in [3.63, 3.8) is 0 Å². The number of ketones is 1. The SMILES string of the molecule is CN(CC(=O)c1cc(F)ccc1O)C1CCOCC1. The van der Waals surface area contributed by atoms with E-state index in [2.05, 4.69) is 0 Å². The second kappa shape index (κ2) is 6.12. The van der Waals surface area contributed by atoms with Crippen molar-refractivity contribution in [3.05, 3.63) is 29.6 Å². The number of rotatable bonds is 4. The van der Waals surface area contributed by atoms with Gasteiger partial charge < -0.3 is 9.84 Å². The van der Waals surface area contributed by atoms with Crippen LogP contribution in [0.3, 0.4) is 0 Å². The Balaban J connectivity index is 2.01. The Kier molecular flexibility index (Phi) is 4.50. The normalized spacial score (nSPS) is 16.8. The van der Waals surface area contributed by atoms with Gasteiger partial charge in [-0.2, -0.15) is 0 Å². The molecule has 2 rings (SSSR count). The number of Topliss-reactive ketones (excluding diaryl/α,β-unsaturated/α-hetero) is 1. The average Bonchev–Trinajstić information content (AvgIpc) is 2.42.